The van der Waals surface area contributed by atoms with Gasteiger partial charge in [0.1, 0.15) is 6.54 Å². The molecule has 0 N–H and O–H groups in total. The molecule has 1 saturated heterocycles. The fourth-order valence-corrected chi connectivity index (χ4v) is 6.05. The first kappa shape index (κ1) is 20.6. The number of hydrogen-bond acceptors (Lipinski definition) is 5. The molecule has 1 atom stereocenters. The van der Waals surface area contributed by atoms with Gasteiger partial charge in [0.25, 0.3) is 11.8 Å². The SMILES string of the molecule is O=C(CN1C(=O)c2ccccc2C1=O)N1CCC(c2ccccc2Cl)S(=O)(=O)CC1. The lowest BCUT2D eigenvalue weighted by atomic mass is 10.1. The lowest BCUT2D eigenvalue weighted by Crippen LogP contribution is -2.43. The second kappa shape index (κ2) is 7.85. The molecule has 4 rings (SSSR count). The minimum absolute atomic E-state index is 0.00525. The van der Waals surface area contributed by atoms with Crippen LogP contribution in [0.5, 0.6) is 0 Å². The van der Waals surface area contributed by atoms with Gasteiger partial charge in [-0.2, -0.15) is 0 Å². The average molecular weight is 447 g/mol. The highest BCUT2D eigenvalue weighted by Gasteiger charge is 2.38. The third kappa shape index (κ3) is 3.61. The maximum Gasteiger partial charge on any atom is 0.262 e. The molecule has 2 aromatic carbocycles. The van der Waals surface area contributed by atoms with Crippen molar-refractivity contribution in [2.24, 2.45) is 0 Å². The van der Waals surface area contributed by atoms with Crippen LogP contribution in [0.1, 0.15) is 38.0 Å². The zero-order valence-electron chi connectivity index (χ0n) is 16.0. The lowest BCUT2D eigenvalue weighted by Gasteiger charge is -2.23. The van der Waals surface area contributed by atoms with Gasteiger partial charge in [0.05, 0.1) is 22.1 Å². The van der Waals surface area contributed by atoms with Crippen LogP contribution in [0.2, 0.25) is 5.02 Å². The van der Waals surface area contributed by atoms with Crippen LogP contribution in [0.4, 0.5) is 0 Å². The number of nitrogens with zero attached hydrogens (tertiary/aromatic N) is 2. The largest absolute Gasteiger partial charge is 0.340 e. The summed E-state index contributed by atoms with van der Waals surface area (Å²) in [6, 6.07) is 13.2. The van der Waals surface area contributed by atoms with E-state index in [-0.39, 0.29) is 36.4 Å². The number of carbonyl (C=O) groups is 3. The first-order valence-electron chi connectivity index (χ1n) is 9.48. The van der Waals surface area contributed by atoms with E-state index in [0.29, 0.717) is 10.6 Å². The zero-order chi connectivity index (χ0) is 21.5. The van der Waals surface area contributed by atoms with E-state index in [1.807, 2.05) is 0 Å². The van der Waals surface area contributed by atoms with Gasteiger partial charge in [0.15, 0.2) is 9.84 Å². The van der Waals surface area contributed by atoms with Gasteiger partial charge in [0.2, 0.25) is 5.91 Å². The van der Waals surface area contributed by atoms with Gasteiger partial charge in [-0.3, -0.25) is 19.3 Å². The zero-order valence-corrected chi connectivity index (χ0v) is 17.5. The van der Waals surface area contributed by atoms with Gasteiger partial charge in [0, 0.05) is 18.1 Å². The second-order valence-electron chi connectivity index (χ2n) is 7.29. The standard InChI is InChI=1S/C21H19ClN2O5S/c22-17-8-4-3-7-16(17)18-9-10-23(11-12-30(18,28)29)19(25)13-24-20(26)14-5-1-2-6-15(14)21(24)27/h1-8,18H,9-13H2. The molecule has 2 aromatic rings. The van der Waals surface area contributed by atoms with Crippen molar-refractivity contribution < 1.29 is 22.8 Å². The molecule has 2 aliphatic rings. The molecular weight excluding hydrogens is 428 g/mol. The summed E-state index contributed by atoms with van der Waals surface area (Å²) in [5.41, 5.74) is 1.06. The molecule has 1 unspecified atom stereocenters. The molecule has 156 valence electrons. The molecule has 9 heteroatoms. The van der Waals surface area contributed by atoms with Gasteiger partial charge in [-0.1, -0.05) is 41.9 Å². The van der Waals surface area contributed by atoms with E-state index in [0.717, 1.165) is 4.90 Å². The molecule has 2 aliphatic heterocycles. The number of amides is 3. The Labute approximate surface area is 179 Å². The second-order valence-corrected chi connectivity index (χ2v) is 10.00. The third-order valence-corrected chi connectivity index (χ3v) is 7.97. The lowest BCUT2D eigenvalue weighted by molar-refractivity contribution is -0.131. The summed E-state index contributed by atoms with van der Waals surface area (Å²) < 4.78 is 25.6. The Morgan fingerprint density at radius 3 is 2.20 bits per heavy atom. The van der Waals surface area contributed by atoms with Crippen LogP contribution in [0.3, 0.4) is 0 Å². The van der Waals surface area contributed by atoms with Crippen molar-refractivity contribution in [1.82, 2.24) is 9.80 Å². The van der Waals surface area contributed by atoms with E-state index in [1.54, 1.807) is 48.5 Å². The normalized spacial score (nSPS) is 20.8. The number of halogens is 1. The van der Waals surface area contributed by atoms with E-state index >= 15 is 0 Å². The van der Waals surface area contributed by atoms with Crippen LogP contribution >= 0.6 is 11.6 Å². The van der Waals surface area contributed by atoms with Gasteiger partial charge >= 0.3 is 0 Å². The van der Waals surface area contributed by atoms with E-state index < -0.39 is 39.4 Å². The minimum atomic E-state index is -3.52. The Hall–Kier alpha value is -2.71. The summed E-state index contributed by atoms with van der Waals surface area (Å²) in [6.07, 6.45) is 0.194. The first-order chi connectivity index (χ1) is 14.3. The van der Waals surface area contributed by atoms with E-state index in [4.69, 9.17) is 11.6 Å². The molecule has 0 aromatic heterocycles. The predicted octanol–water partition coefficient (Wildman–Crippen LogP) is 2.32. The maximum atomic E-state index is 12.8. The molecule has 0 saturated carbocycles. The van der Waals surface area contributed by atoms with Crippen molar-refractivity contribution >= 4 is 39.2 Å². The number of benzene rings is 2. The van der Waals surface area contributed by atoms with Gasteiger partial charge in [-0.05, 0) is 30.2 Å². The number of carbonyl (C=O) groups excluding carboxylic acids is 3. The number of rotatable bonds is 3. The Kier molecular flexibility index (Phi) is 5.38. The topological polar surface area (TPSA) is 91.8 Å². The van der Waals surface area contributed by atoms with E-state index in [2.05, 4.69) is 0 Å². The fraction of sp³-hybridized carbons (Fsp3) is 0.286. The van der Waals surface area contributed by atoms with Crippen LogP contribution in [0.25, 0.3) is 0 Å². The minimum Gasteiger partial charge on any atom is -0.340 e. The summed E-state index contributed by atoms with van der Waals surface area (Å²) in [4.78, 5) is 40.1. The van der Waals surface area contributed by atoms with Crippen molar-refractivity contribution in [3.63, 3.8) is 0 Å². The van der Waals surface area contributed by atoms with Crippen LogP contribution in [-0.4, -0.2) is 61.3 Å². The highest BCUT2D eigenvalue weighted by atomic mass is 35.5. The summed E-state index contributed by atoms with van der Waals surface area (Å²) in [7, 11) is -3.52. The van der Waals surface area contributed by atoms with E-state index in [9.17, 15) is 22.8 Å². The number of hydrogen-bond donors (Lipinski definition) is 0. The third-order valence-electron chi connectivity index (χ3n) is 5.52. The quantitative estimate of drug-likeness (QED) is 0.675. The Morgan fingerprint density at radius 1 is 0.967 bits per heavy atom. The maximum absolute atomic E-state index is 12.8. The van der Waals surface area contributed by atoms with Crippen molar-refractivity contribution in [3.8, 4) is 0 Å². The molecule has 3 amide bonds. The summed E-state index contributed by atoms with van der Waals surface area (Å²) in [6.45, 7) is -0.217. The van der Waals surface area contributed by atoms with Gasteiger partial charge in [-0.15, -0.1) is 0 Å². The highest BCUT2D eigenvalue weighted by Crippen LogP contribution is 2.34. The number of imide groups is 1. The number of sulfone groups is 1. The molecule has 2 heterocycles. The smallest absolute Gasteiger partial charge is 0.262 e. The first-order valence-corrected chi connectivity index (χ1v) is 11.6. The molecule has 0 bridgehead atoms. The van der Waals surface area contributed by atoms with Crippen molar-refractivity contribution in [3.05, 3.63) is 70.2 Å². The Bertz CT molecular complexity index is 1110. The molecule has 7 nitrogen and oxygen atoms in total. The number of fused-ring (bicyclic) bond motifs is 1. The summed E-state index contributed by atoms with van der Waals surface area (Å²) in [5, 5.41) is -0.430. The van der Waals surface area contributed by atoms with Crippen LogP contribution in [0, 0.1) is 0 Å². The predicted molar refractivity (Wildman–Crippen MR) is 111 cm³/mol. The summed E-state index contributed by atoms with van der Waals surface area (Å²) in [5.74, 6) is -1.70. The molecule has 1 fully saturated rings. The van der Waals surface area contributed by atoms with Crippen LogP contribution in [-0.2, 0) is 14.6 Å². The molecule has 0 spiro atoms. The van der Waals surface area contributed by atoms with Gasteiger partial charge < -0.3 is 4.90 Å². The van der Waals surface area contributed by atoms with E-state index in [1.165, 1.54) is 4.90 Å². The fourth-order valence-electron chi connectivity index (χ4n) is 3.90. The Morgan fingerprint density at radius 2 is 1.57 bits per heavy atom. The van der Waals surface area contributed by atoms with Crippen LogP contribution in [0.15, 0.2) is 48.5 Å². The Balaban J connectivity index is 1.50. The molecular formula is C21H19ClN2O5S. The molecule has 30 heavy (non-hydrogen) atoms. The molecule has 0 radical (unpaired) electrons. The molecule has 0 aliphatic carbocycles. The highest BCUT2D eigenvalue weighted by molar-refractivity contribution is 7.91. The van der Waals surface area contributed by atoms with Gasteiger partial charge in [-0.25, -0.2) is 8.42 Å². The average Bonchev–Trinajstić information content (AvgIpc) is 2.86. The van der Waals surface area contributed by atoms with Crippen molar-refractivity contribution in [2.75, 3.05) is 25.4 Å². The van der Waals surface area contributed by atoms with Crippen molar-refractivity contribution in [2.45, 2.75) is 11.7 Å². The monoisotopic (exact) mass is 446 g/mol. The van der Waals surface area contributed by atoms with Crippen LogP contribution < -0.4 is 0 Å². The summed E-state index contributed by atoms with van der Waals surface area (Å²) >= 11 is 6.20. The van der Waals surface area contributed by atoms with Crippen molar-refractivity contribution in [1.29, 1.82) is 0 Å².